The zero-order chi connectivity index (χ0) is 17.9. The lowest BCUT2D eigenvalue weighted by molar-refractivity contribution is 0.173. The number of guanidine groups is 1. The summed E-state index contributed by atoms with van der Waals surface area (Å²) in [5.41, 5.74) is 1.09. The summed E-state index contributed by atoms with van der Waals surface area (Å²) in [5.74, 6) is 1.44. The van der Waals surface area contributed by atoms with Crippen molar-refractivity contribution >= 4 is 5.96 Å². The molecule has 2 N–H and O–H groups in total. The molecule has 1 aromatic rings. The molecule has 6 heteroatoms. The van der Waals surface area contributed by atoms with Gasteiger partial charge in [0.1, 0.15) is 0 Å². The van der Waals surface area contributed by atoms with E-state index >= 15 is 0 Å². The highest BCUT2D eigenvalue weighted by Crippen LogP contribution is 2.06. The molecule has 0 saturated carbocycles. The van der Waals surface area contributed by atoms with Gasteiger partial charge in [-0.25, -0.2) is 4.98 Å². The number of pyridine rings is 1. The first-order valence-corrected chi connectivity index (χ1v) is 8.67. The minimum Gasteiger partial charge on any atom is -0.481 e. The largest absolute Gasteiger partial charge is 0.481 e. The van der Waals surface area contributed by atoms with Crippen LogP contribution >= 0.6 is 0 Å². The van der Waals surface area contributed by atoms with Gasteiger partial charge < -0.3 is 15.4 Å². The highest BCUT2D eigenvalue weighted by Gasteiger charge is 2.12. The van der Waals surface area contributed by atoms with Crippen LogP contribution in [0.15, 0.2) is 23.3 Å². The first kappa shape index (κ1) is 20.2. The van der Waals surface area contributed by atoms with Gasteiger partial charge in [-0.05, 0) is 39.7 Å². The van der Waals surface area contributed by atoms with Crippen molar-refractivity contribution in [3.05, 3.63) is 23.9 Å². The summed E-state index contributed by atoms with van der Waals surface area (Å²) in [6, 6.07) is 5.00. The number of hydrogen-bond acceptors (Lipinski definition) is 4. The van der Waals surface area contributed by atoms with Gasteiger partial charge in [-0.1, -0.05) is 6.07 Å². The van der Waals surface area contributed by atoms with E-state index in [0.717, 1.165) is 31.0 Å². The number of hydrogen-bond donors (Lipinski definition) is 2. The third-order valence-electron chi connectivity index (χ3n) is 3.90. The Bertz CT molecular complexity index is 477. The second kappa shape index (κ2) is 10.9. The lowest BCUT2D eigenvalue weighted by Crippen LogP contribution is -2.41. The molecule has 1 aromatic heterocycles. The summed E-state index contributed by atoms with van der Waals surface area (Å²) in [6.45, 7) is 11.7. The topological polar surface area (TPSA) is 61.8 Å². The van der Waals surface area contributed by atoms with E-state index in [2.05, 4.69) is 53.2 Å². The second-order valence-corrected chi connectivity index (χ2v) is 6.34. The highest BCUT2D eigenvalue weighted by molar-refractivity contribution is 5.79. The summed E-state index contributed by atoms with van der Waals surface area (Å²) < 4.78 is 5.06. The molecular formula is C18H33N5O. The van der Waals surface area contributed by atoms with E-state index < -0.39 is 0 Å². The quantitative estimate of drug-likeness (QED) is 0.412. The van der Waals surface area contributed by atoms with Crippen molar-refractivity contribution in [3.63, 3.8) is 0 Å². The van der Waals surface area contributed by atoms with Gasteiger partial charge in [-0.15, -0.1) is 0 Å². The first-order valence-electron chi connectivity index (χ1n) is 8.67. The van der Waals surface area contributed by atoms with Crippen molar-refractivity contribution in [1.29, 1.82) is 0 Å². The molecule has 0 amide bonds. The minimum absolute atomic E-state index is 0.574. The average molecular weight is 335 g/mol. The van der Waals surface area contributed by atoms with Crippen molar-refractivity contribution in [2.75, 3.05) is 27.2 Å². The normalized spacial score (nSPS) is 12.1. The van der Waals surface area contributed by atoms with Crippen LogP contribution in [0, 0.1) is 0 Å². The third kappa shape index (κ3) is 7.17. The zero-order valence-corrected chi connectivity index (χ0v) is 16.0. The van der Waals surface area contributed by atoms with E-state index in [1.807, 2.05) is 18.3 Å². The van der Waals surface area contributed by atoms with Crippen LogP contribution in [0.3, 0.4) is 0 Å². The van der Waals surface area contributed by atoms with Crippen LogP contribution in [-0.2, 0) is 6.54 Å². The fourth-order valence-corrected chi connectivity index (χ4v) is 2.62. The summed E-state index contributed by atoms with van der Waals surface area (Å²) in [4.78, 5) is 11.0. The molecule has 0 fully saturated rings. The van der Waals surface area contributed by atoms with E-state index in [9.17, 15) is 0 Å². The molecule has 0 unspecified atom stereocenters. The van der Waals surface area contributed by atoms with Crippen LogP contribution in [-0.4, -0.2) is 55.2 Å². The maximum Gasteiger partial charge on any atom is 0.212 e. The first-order chi connectivity index (χ1) is 11.5. The van der Waals surface area contributed by atoms with Gasteiger partial charge in [0.25, 0.3) is 0 Å². The number of nitrogens with zero attached hydrogens (tertiary/aromatic N) is 3. The Labute approximate surface area is 146 Å². The Morgan fingerprint density at radius 2 is 1.92 bits per heavy atom. The summed E-state index contributed by atoms with van der Waals surface area (Å²) >= 11 is 0. The van der Waals surface area contributed by atoms with Gasteiger partial charge >= 0.3 is 0 Å². The predicted molar refractivity (Wildman–Crippen MR) is 101 cm³/mol. The lowest BCUT2D eigenvalue weighted by atomic mass is 10.2. The van der Waals surface area contributed by atoms with Crippen LogP contribution < -0.4 is 15.4 Å². The Morgan fingerprint density at radius 1 is 1.21 bits per heavy atom. The Morgan fingerprint density at radius 3 is 2.42 bits per heavy atom. The average Bonchev–Trinajstić information content (AvgIpc) is 2.57. The SMILES string of the molecule is CN=C(NCCCN(C(C)C)C(C)C)NCc1ccc(OC)nc1. The summed E-state index contributed by atoms with van der Waals surface area (Å²) in [6.07, 6.45) is 2.89. The molecule has 24 heavy (non-hydrogen) atoms. The van der Waals surface area contributed by atoms with E-state index in [1.165, 1.54) is 0 Å². The molecule has 0 atom stereocenters. The molecule has 0 aliphatic rings. The zero-order valence-electron chi connectivity index (χ0n) is 16.0. The smallest absolute Gasteiger partial charge is 0.212 e. The molecule has 0 spiro atoms. The molecule has 1 rings (SSSR count). The number of ether oxygens (including phenoxy) is 1. The molecule has 0 aromatic carbocycles. The fourth-order valence-electron chi connectivity index (χ4n) is 2.62. The van der Waals surface area contributed by atoms with Gasteiger partial charge in [0.15, 0.2) is 5.96 Å². The lowest BCUT2D eigenvalue weighted by Gasteiger charge is -2.30. The molecule has 0 bridgehead atoms. The van der Waals surface area contributed by atoms with E-state index in [1.54, 1.807) is 14.2 Å². The van der Waals surface area contributed by atoms with Gasteiger partial charge in [-0.3, -0.25) is 9.89 Å². The molecule has 1 heterocycles. The minimum atomic E-state index is 0.574. The number of aliphatic imine (C=N–C) groups is 1. The van der Waals surface area contributed by atoms with Gasteiger partial charge in [0, 0.05) is 51.0 Å². The van der Waals surface area contributed by atoms with Crippen LogP contribution in [0.4, 0.5) is 0 Å². The maximum atomic E-state index is 5.06. The molecular weight excluding hydrogens is 302 g/mol. The monoisotopic (exact) mass is 335 g/mol. The van der Waals surface area contributed by atoms with Crippen molar-refractivity contribution < 1.29 is 4.74 Å². The number of aromatic nitrogens is 1. The van der Waals surface area contributed by atoms with Crippen LogP contribution in [0.1, 0.15) is 39.7 Å². The molecule has 136 valence electrons. The van der Waals surface area contributed by atoms with Gasteiger partial charge in [-0.2, -0.15) is 0 Å². The Hall–Kier alpha value is -1.82. The Balaban J connectivity index is 2.32. The van der Waals surface area contributed by atoms with Crippen LogP contribution in [0.5, 0.6) is 5.88 Å². The second-order valence-electron chi connectivity index (χ2n) is 6.34. The van der Waals surface area contributed by atoms with Gasteiger partial charge in [0.2, 0.25) is 5.88 Å². The number of rotatable bonds is 9. The summed E-state index contributed by atoms with van der Waals surface area (Å²) in [5, 5.41) is 6.66. The maximum absolute atomic E-state index is 5.06. The van der Waals surface area contributed by atoms with Crippen LogP contribution in [0.2, 0.25) is 0 Å². The van der Waals surface area contributed by atoms with E-state index in [0.29, 0.717) is 24.5 Å². The molecule has 0 aliphatic carbocycles. The molecule has 6 nitrogen and oxygen atoms in total. The van der Waals surface area contributed by atoms with Crippen LogP contribution in [0.25, 0.3) is 0 Å². The standard InChI is InChI=1S/C18H33N5O/c1-14(2)23(15(3)4)11-7-10-20-18(19-5)22-13-16-8-9-17(24-6)21-12-16/h8-9,12,14-15H,7,10-11,13H2,1-6H3,(H2,19,20,22). The van der Waals surface area contributed by atoms with Crippen molar-refractivity contribution in [2.45, 2.75) is 52.7 Å². The highest BCUT2D eigenvalue weighted by atomic mass is 16.5. The van der Waals surface area contributed by atoms with Crippen molar-refractivity contribution in [3.8, 4) is 5.88 Å². The third-order valence-corrected chi connectivity index (χ3v) is 3.90. The van der Waals surface area contributed by atoms with E-state index in [-0.39, 0.29) is 0 Å². The number of nitrogens with one attached hydrogen (secondary N) is 2. The van der Waals surface area contributed by atoms with Crippen molar-refractivity contribution in [1.82, 2.24) is 20.5 Å². The van der Waals surface area contributed by atoms with Gasteiger partial charge in [0.05, 0.1) is 7.11 Å². The summed E-state index contributed by atoms with van der Waals surface area (Å²) in [7, 11) is 3.40. The van der Waals surface area contributed by atoms with E-state index in [4.69, 9.17) is 4.74 Å². The van der Waals surface area contributed by atoms with Crippen molar-refractivity contribution in [2.24, 2.45) is 4.99 Å². The molecule has 0 radical (unpaired) electrons. The number of methoxy groups -OCH3 is 1. The molecule has 0 saturated heterocycles. The fraction of sp³-hybridized carbons (Fsp3) is 0.667. The Kier molecular flexibility index (Phi) is 9.15. The predicted octanol–water partition coefficient (Wildman–Crippen LogP) is 2.26. The molecule has 0 aliphatic heterocycles.